The van der Waals surface area contributed by atoms with Gasteiger partial charge >= 0.3 is 0 Å². The van der Waals surface area contributed by atoms with Crippen LogP contribution in [0.5, 0.6) is 0 Å². The Morgan fingerprint density at radius 1 is 1.40 bits per heavy atom. The van der Waals surface area contributed by atoms with E-state index in [1.54, 1.807) is 19.2 Å². The predicted octanol–water partition coefficient (Wildman–Crippen LogP) is 1.77. The second kappa shape index (κ2) is 7.14. The zero-order chi connectivity index (χ0) is 15.3. The number of hydrogen-bond donors (Lipinski definition) is 2. The summed E-state index contributed by atoms with van der Waals surface area (Å²) in [5, 5.41) is 3.16. The van der Waals surface area contributed by atoms with Gasteiger partial charge in [-0.3, -0.25) is 9.59 Å². The zero-order valence-electron chi connectivity index (χ0n) is 11.9. The molecule has 0 aliphatic heterocycles. The van der Waals surface area contributed by atoms with Crippen LogP contribution in [0.25, 0.3) is 0 Å². The number of likely N-dealkylation sites (N-methyl/N-ethyl adjacent to an activating group) is 1. The van der Waals surface area contributed by atoms with E-state index >= 15 is 0 Å². The SMILES string of the molecule is CC(C)CNC(=O)CN(C)C(=O)c1ccc(Cl)c(N)c1. The fraction of sp³-hybridized carbons (Fsp3) is 0.429. The molecule has 0 aliphatic carbocycles. The van der Waals surface area contributed by atoms with Gasteiger partial charge in [-0.25, -0.2) is 0 Å². The third-order valence-electron chi connectivity index (χ3n) is 2.68. The molecule has 0 aromatic heterocycles. The van der Waals surface area contributed by atoms with Crippen molar-refractivity contribution in [3.8, 4) is 0 Å². The van der Waals surface area contributed by atoms with Crippen LogP contribution in [0.3, 0.4) is 0 Å². The number of nitrogen functional groups attached to an aromatic ring is 1. The first-order valence-corrected chi connectivity index (χ1v) is 6.76. The normalized spacial score (nSPS) is 10.4. The summed E-state index contributed by atoms with van der Waals surface area (Å²) in [4.78, 5) is 25.1. The number of benzene rings is 1. The van der Waals surface area contributed by atoms with Gasteiger partial charge in [0.05, 0.1) is 17.3 Å². The molecule has 6 heteroatoms. The van der Waals surface area contributed by atoms with E-state index in [1.807, 2.05) is 13.8 Å². The summed E-state index contributed by atoms with van der Waals surface area (Å²) in [6.07, 6.45) is 0. The van der Waals surface area contributed by atoms with E-state index in [1.165, 1.54) is 11.0 Å². The summed E-state index contributed by atoms with van der Waals surface area (Å²) < 4.78 is 0. The van der Waals surface area contributed by atoms with Gasteiger partial charge in [0.15, 0.2) is 0 Å². The number of amides is 2. The number of rotatable bonds is 5. The van der Waals surface area contributed by atoms with Crippen molar-refractivity contribution in [3.05, 3.63) is 28.8 Å². The molecule has 0 bridgehead atoms. The average molecular weight is 298 g/mol. The topological polar surface area (TPSA) is 75.4 Å². The van der Waals surface area contributed by atoms with E-state index in [9.17, 15) is 9.59 Å². The highest BCUT2D eigenvalue weighted by molar-refractivity contribution is 6.33. The van der Waals surface area contributed by atoms with E-state index < -0.39 is 0 Å². The summed E-state index contributed by atoms with van der Waals surface area (Å²) in [5.41, 5.74) is 6.41. The Morgan fingerprint density at radius 3 is 2.60 bits per heavy atom. The van der Waals surface area contributed by atoms with Gasteiger partial charge in [0.2, 0.25) is 5.91 Å². The van der Waals surface area contributed by atoms with Crippen molar-refractivity contribution >= 4 is 29.1 Å². The minimum Gasteiger partial charge on any atom is -0.398 e. The van der Waals surface area contributed by atoms with Crippen LogP contribution in [0.2, 0.25) is 5.02 Å². The largest absolute Gasteiger partial charge is 0.398 e. The molecule has 1 aromatic rings. The number of nitrogens with zero attached hydrogens (tertiary/aromatic N) is 1. The molecule has 110 valence electrons. The third-order valence-corrected chi connectivity index (χ3v) is 3.02. The van der Waals surface area contributed by atoms with Crippen molar-refractivity contribution in [3.63, 3.8) is 0 Å². The highest BCUT2D eigenvalue weighted by Crippen LogP contribution is 2.20. The van der Waals surface area contributed by atoms with Crippen molar-refractivity contribution in [1.29, 1.82) is 0 Å². The second-order valence-electron chi connectivity index (χ2n) is 5.10. The maximum absolute atomic E-state index is 12.1. The Balaban J connectivity index is 2.62. The molecular formula is C14H20ClN3O2. The summed E-state index contributed by atoms with van der Waals surface area (Å²) in [7, 11) is 1.57. The smallest absolute Gasteiger partial charge is 0.254 e. The fourth-order valence-corrected chi connectivity index (χ4v) is 1.68. The lowest BCUT2D eigenvalue weighted by atomic mass is 10.2. The molecular weight excluding hydrogens is 278 g/mol. The van der Waals surface area contributed by atoms with Gasteiger partial charge in [0.1, 0.15) is 0 Å². The molecule has 0 saturated heterocycles. The molecule has 0 spiro atoms. The average Bonchev–Trinajstić information content (AvgIpc) is 2.38. The van der Waals surface area contributed by atoms with Gasteiger partial charge in [0, 0.05) is 19.2 Å². The Kier molecular flexibility index (Phi) is 5.82. The molecule has 0 saturated carbocycles. The summed E-state index contributed by atoms with van der Waals surface area (Å²) in [6, 6.07) is 4.66. The first kappa shape index (κ1) is 16.3. The summed E-state index contributed by atoms with van der Waals surface area (Å²) >= 11 is 5.81. The number of halogens is 1. The first-order chi connectivity index (χ1) is 9.31. The van der Waals surface area contributed by atoms with Gasteiger partial charge in [-0.15, -0.1) is 0 Å². The predicted molar refractivity (Wildman–Crippen MR) is 80.7 cm³/mol. The van der Waals surface area contributed by atoms with Gasteiger partial charge < -0.3 is 16.0 Å². The molecule has 3 N–H and O–H groups in total. The number of nitrogens with two attached hydrogens (primary N) is 1. The Bertz CT molecular complexity index is 503. The molecule has 0 heterocycles. The molecule has 0 radical (unpaired) electrons. The van der Waals surface area contributed by atoms with Crippen LogP contribution in [0.15, 0.2) is 18.2 Å². The molecule has 2 amide bonds. The highest BCUT2D eigenvalue weighted by atomic mass is 35.5. The molecule has 1 rings (SSSR count). The molecule has 5 nitrogen and oxygen atoms in total. The fourth-order valence-electron chi connectivity index (χ4n) is 1.56. The summed E-state index contributed by atoms with van der Waals surface area (Å²) in [6.45, 7) is 4.61. The molecule has 1 aromatic carbocycles. The highest BCUT2D eigenvalue weighted by Gasteiger charge is 2.15. The third kappa shape index (κ3) is 4.74. The minimum atomic E-state index is -0.270. The van der Waals surface area contributed by atoms with Crippen LogP contribution in [-0.2, 0) is 4.79 Å². The Labute approximate surface area is 124 Å². The zero-order valence-corrected chi connectivity index (χ0v) is 12.7. The Morgan fingerprint density at radius 2 is 2.05 bits per heavy atom. The van der Waals surface area contributed by atoms with Crippen LogP contribution in [0, 0.1) is 5.92 Å². The second-order valence-corrected chi connectivity index (χ2v) is 5.50. The lowest BCUT2D eigenvalue weighted by Crippen LogP contribution is -2.39. The minimum absolute atomic E-state index is 0.00802. The molecule has 20 heavy (non-hydrogen) atoms. The van der Waals surface area contributed by atoms with Gasteiger partial charge in [-0.1, -0.05) is 25.4 Å². The summed E-state index contributed by atoms with van der Waals surface area (Å²) in [5.74, 6) is -0.0828. The van der Waals surface area contributed by atoms with E-state index in [0.717, 1.165) is 0 Å². The van der Waals surface area contributed by atoms with Gasteiger partial charge in [-0.2, -0.15) is 0 Å². The molecule has 0 fully saturated rings. The standard InChI is InChI=1S/C14H20ClN3O2/c1-9(2)7-17-13(19)8-18(3)14(20)10-4-5-11(15)12(16)6-10/h4-6,9H,7-8,16H2,1-3H3,(H,17,19). The van der Waals surface area contributed by atoms with E-state index in [-0.39, 0.29) is 18.4 Å². The Hall–Kier alpha value is -1.75. The maximum atomic E-state index is 12.1. The van der Waals surface area contributed by atoms with Crippen molar-refractivity contribution in [2.45, 2.75) is 13.8 Å². The number of carbonyl (C=O) groups is 2. The van der Waals surface area contributed by atoms with Crippen molar-refractivity contribution in [1.82, 2.24) is 10.2 Å². The molecule has 0 unspecified atom stereocenters. The van der Waals surface area contributed by atoms with Crippen LogP contribution in [0.4, 0.5) is 5.69 Å². The molecule has 0 atom stereocenters. The number of hydrogen-bond acceptors (Lipinski definition) is 3. The number of nitrogens with one attached hydrogen (secondary N) is 1. The van der Waals surface area contributed by atoms with Gasteiger partial charge in [0.25, 0.3) is 5.91 Å². The van der Waals surface area contributed by atoms with E-state index in [4.69, 9.17) is 17.3 Å². The van der Waals surface area contributed by atoms with Crippen LogP contribution < -0.4 is 11.1 Å². The van der Waals surface area contributed by atoms with Crippen molar-refractivity contribution < 1.29 is 9.59 Å². The van der Waals surface area contributed by atoms with Gasteiger partial charge in [-0.05, 0) is 24.1 Å². The van der Waals surface area contributed by atoms with Crippen molar-refractivity contribution in [2.24, 2.45) is 5.92 Å². The monoisotopic (exact) mass is 297 g/mol. The number of anilines is 1. The number of carbonyl (C=O) groups excluding carboxylic acids is 2. The van der Waals surface area contributed by atoms with Crippen LogP contribution >= 0.6 is 11.6 Å². The van der Waals surface area contributed by atoms with E-state index in [2.05, 4.69) is 5.32 Å². The lowest BCUT2D eigenvalue weighted by molar-refractivity contribution is -0.121. The lowest BCUT2D eigenvalue weighted by Gasteiger charge is -2.17. The quantitative estimate of drug-likeness (QED) is 0.813. The maximum Gasteiger partial charge on any atom is 0.254 e. The van der Waals surface area contributed by atoms with Crippen LogP contribution in [-0.4, -0.2) is 36.9 Å². The van der Waals surface area contributed by atoms with Crippen LogP contribution in [0.1, 0.15) is 24.2 Å². The van der Waals surface area contributed by atoms with E-state index in [0.29, 0.717) is 28.7 Å². The van der Waals surface area contributed by atoms with Crippen molar-refractivity contribution in [2.75, 3.05) is 25.9 Å². The first-order valence-electron chi connectivity index (χ1n) is 6.38. The molecule has 0 aliphatic rings.